The highest BCUT2D eigenvalue weighted by Crippen LogP contribution is 2.43. The fourth-order valence-electron chi connectivity index (χ4n) is 2.87. The van der Waals surface area contributed by atoms with Gasteiger partial charge in [0, 0.05) is 16.5 Å². The summed E-state index contributed by atoms with van der Waals surface area (Å²) in [7, 11) is 0. The molecule has 0 radical (unpaired) electrons. The van der Waals surface area contributed by atoms with Gasteiger partial charge in [-0.1, -0.05) is 35.8 Å². The van der Waals surface area contributed by atoms with Crippen molar-refractivity contribution in [1.29, 1.82) is 0 Å². The van der Waals surface area contributed by atoms with Gasteiger partial charge in [-0.3, -0.25) is 0 Å². The molecule has 1 heterocycles. The van der Waals surface area contributed by atoms with Crippen LogP contribution in [-0.4, -0.2) is 5.16 Å². The van der Waals surface area contributed by atoms with E-state index in [1.165, 1.54) is 5.56 Å². The van der Waals surface area contributed by atoms with E-state index in [4.69, 9.17) is 21.9 Å². The Hall–Kier alpha value is -1.48. The standard InChI is InChI=1S/C14H15ClN2O/c1-8-5-6-11-13(14(16)18-17-11)12(8)9-3-2-4-10(15)7-9/h2-4,7-8,12H,5-6,16H2,1H3. The molecule has 3 rings (SSSR count). The summed E-state index contributed by atoms with van der Waals surface area (Å²) in [6.07, 6.45) is 2.03. The Bertz CT molecular complexity index is 579. The third-order valence-electron chi connectivity index (χ3n) is 3.75. The van der Waals surface area contributed by atoms with Crippen molar-refractivity contribution in [1.82, 2.24) is 5.16 Å². The molecule has 0 fully saturated rings. The molecule has 3 nitrogen and oxygen atoms in total. The molecule has 0 spiro atoms. The Kier molecular flexibility index (Phi) is 2.78. The van der Waals surface area contributed by atoms with E-state index in [9.17, 15) is 0 Å². The van der Waals surface area contributed by atoms with Crippen molar-refractivity contribution >= 4 is 17.5 Å². The van der Waals surface area contributed by atoms with Crippen molar-refractivity contribution in [2.75, 3.05) is 5.73 Å². The maximum atomic E-state index is 6.08. The second-order valence-electron chi connectivity index (χ2n) is 4.96. The lowest BCUT2D eigenvalue weighted by Gasteiger charge is -2.28. The molecular weight excluding hydrogens is 248 g/mol. The average molecular weight is 263 g/mol. The molecule has 94 valence electrons. The molecule has 2 atom stereocenters. The van der Waals surface area contributed by atoms with Gasteiger partial charge in [0.1, 0.15) is 0 Å². The second kappa shape index (κ2) is 4.32. The molecular formula is C14H15ClN2O. The summed E-state index contributed by atoms with van der Waals surface area (Å²) in [4.78, 5) is 0. The number of hydrogen-bond acceptors (Lipinski definition) is 3. The number of fused-ring (bicyclic) bond motifs is 1. The number of halogens is 1. The summed E-state index contributed by atoms with van der Waals surface area (Å²) in [6, 6.07) is 7.96. The zero-order valence-electron chi connectivity index (χ0n) is 10.2. The minimum atomic E-state index is 0.235. The molecule has 4 heteroatoms. The number of hydrogen-bond donors (Lipinski definition) is 1. The van der Waals surface area contributed by atoms with E-state index in [2.05, 4.69) is 18.1 Å². The molecule has 1 aliphatic rings. The quantitative estimate of drug-likeness (QED) is 0.854. The van der Waals surface area contributed by atoms with Crippen molar-refractivity contribution in [3.05, 3.63) is 46.1 Å². The summed E-state index contributed by atoms with van der Waals surface area (Å²) >= 11 is 6.08. The number of anilines is 1. The highest BCUT2D eigenvalue weighted by molar-refractivity contribution is 6.30. The second-order valence-corrected chi connectivity index (χ2v) is 5.39. The van der Waals surface area contributed by atoms with Gasteiger partial charge in [-0.2, -0.15) is 0 Å². The fraction of sp³-hybridized carbons (Fsp3) is 0.357. The number of aryl methyl sites for hydroxylation is 1. The summed E-state index contributed by atoms with van der Waals surface area (Å²) < 4.78 is 5.14. The largest absolute Gasteiger partial charge is 0.367 e. The number of nitrogens with zero attached hydrogens (tertiary/aromatic N) is 1. The Morgan fingerprint density at radius 2 is 2.28 bits per heavy atom. The topological polar surface area (TPSA) is 52.0 Å². The molecule has 2 unspecified atom stereocenters. The normalized spacial score (nSPS) is 22.8. The fourth-order valence-corrected chi connectivity index (χ4v) is 3.07. The lowest BCUT2D eigenvalue weighted by Crippen LogP contribution is -2.19. The SMILES string of the molecule is CC1CCc2noc(N)c2C1c1cccc(Cl)c1. The summed E-state index contributed by atoms with van der Waals surface area (Å²) in [5.41, 5.74) is 9.16. The molecule has 1 aromatic heterocycles. The van der Waals surface area contributed by atoms with Crippen LogP contribution in [-0.2, 0) is 6.42 Å². The van der Waals surface area contributed by atoms with E-state index in [-0.39, 0.29) is 5.92 Å². The van der Waals surface area contributed by atoms with E-state index >= 15 is 0 Å². The van der Waals surface area contributed by atoms with Gasteiger partial charge in [0.05, 0.1) is 5.69 Å². The number of nitrogens with two attached hydrogens (primary N) is 1. The summed E-state index contributed by atoms with van der Waals surface area (Å²) in [6.45, 7) is 2.24. The summed E-state index contributed by atoms with van der Waals surface area (Å²) in [5, 5.41) is 4.81. The highest BCUT2D eigenvalue weighted by Gasteiger charge is 2.33. The maximum Gasteiger partial charge on any atom is 0.226 e. The van der Waals surface area contributed by atoms with E-state index in [0.29, 0.717) is 11.8 Å². The molecule has 0 saturated carbocycles. The van der Waals surface area contributed by atoms with Crippen LogP contribution in [0.4, 0.5) is 5.88 Å². The van der Waals surface area contributed by atoms with Crippen LogP contribution in [0.2, 0.25) is 5.02 Å². The first-order valence-electron chi connectivity index (χ1n) is 6.16. The van der Waals surface area contributed by atoms with Crippen LogP contribution in [0.1, 0.15) is 36.1 Å². The predicted octanol–water partition coefficient (Wildman–Crippen LogP) is 3.62. The first kappa shape index (κ1) is 11.6. The third kappa shape index (κ3) is 1.79. The van der Waals surface area contributed by atoms with Crippen molar-refractivity contribution in [3.63, 3.8) is 0 Å². The minimum absolute atomic E-state index is 0.235. The van der Waals surface area contributed by atoms with Crippen LogP contribution in [0.3, 0.4) is 0 Å². The molecule has 0 saturated heterocycles. The molecule has 1 aliphatic carbocycles. The molecule has 18 heavy (non-hydrogen) atoms. The smallest absolute Gasteiger partial charge is 0.226 e. The lowest BCUT2D eigenvalue weighted by molar-refractivity contribution is 0.418. The van der Waals surface area contributed by atoms with Crippen LogP contribution in [0, 0.1) is 5.92 Å². The van der Waals surface area contributed by atoms with Gasteiger partial charge in [-0.15, -0.1) is 0 Å². The molecule has 0 bridgehead atoms. The minimum Gasteiger partial charge on any atom is -0.367 e. The van der Waals surface area contributed by atoms with Crippen LogP contribution in [0.25, 0.3) is 0 Å². The van der Waals surface area contributed by atoms with Gasteiger partial charge in [-0.25, -0.2) is 0 Å². The Morgan fingerprint density at radius 1 is 1.44 bits per heavy atom. The third-order valence-corrected chi connectivity index (χ3v) is 3.99. The lowest BCUT2D eigenvalue weighted by atomic mass is 9.75. The highest BCUT2D eigenvalue weighted by atomic mass is 35.5. The van der Waals surface area contributed by atoms with Crippen LogP contribution >= 0.6 is 11.6 Å². The van der Waals surface area contributed by atoms with Gasteiger partial charge < -0.3 is 10.3 Å². The van der Waals surface area contributed by atoms with Gasteiger partial charge in [0.25, 0.3) is 0 Å². The van der Waals surface area contributed by atoms with Crippen LogP contribution in [0.5, 0.6) is 0 Å². The molecule has 2 N–H and O–H groups in total. The van der Waals surface area contributed by atoms with Gasteiger partial charge in [0.2, 0.25) is 5.88 Å². The maximum absolute atomic E-state index is 6.08. The molecule has 2 aromatic rings. The van der Waals surface area contributed by atoms with Gasteiger partial charge in [-0.05, 0) is 36.5 Å². The summed E-state index contributed by atoms with van der Waals surface area (Å²) in [5.74, 6) is 1.19. The van der Waals surface area contributed by atoms with Crippen LogP contribution < -0.4 is 5.73 Å². The first-order valence-corrected chi connectivity index (χ1v) is 6.54. The average Bonchev–Trinajstić information content (AvgIpc) is 2.71. The van der Waals surface area contributed by atoms with Crippen molar-refractivity contribution in [2.45, 2.75) is 25.7 Å². The Labute approximate surface area is 111 Å². The number of rotatable bonds is 1. The van der Waals surface area contributed by atoms with Crippen LogP contribution in [0.15, 0.2) is 28.8 Å². The predicted molar refractivity (Wildman–Crippen MR) is 71.7 cm³/mol. The Morgan fingerprint density at radius 3 is 3.06 bits per heavy atom. The van der Waals surface area contributed by atoms with E-state index in [0.717, 1.165) is 29.1 Å². The van der Waals surface area contributed by atoms with E-state index in [1.54, 1.807) is 0 Å². The zero-order chi connectivity index (χ0) is 12.7. The molecule has 1 aromatic carbocycles. The van der Waals surface area contributed by atoms with E-state index in [1.807, 2.05) is 18.2 Å². The molecule has 0 aliphatic heterocycles. The molecule has 0 amide bonds. The zero-order valence-corrected chi connectivity index (χ0v) is 10.9. The monoisotopic (exact) mass is 262 g/mol. The van der Waals surface area contributed by atoms with Crippen molar-refractivity contribution < 1.29 is 4.52 Å². The number of benzene rings is 1. The Balaban J connectivity index is 2.13. The van der Waals surface area contributed by atoms with E-state index < -0.39 is 0 Å². The van der Waals surface area contributed by atoms with Crippen molar-refractivity contribution in [2.24, 2.45) is 5.92 Å². The number of nitrogen functional groups attached to an aromatic ring is 1. The van der Waals surface area contributed by atoms with Crippen molar-refractivity contribution in [3.8, 4) is 0 Å². The number of aromatic nitrogens is 1. The first-order chi connectivity index (χ1) is 8.66. The van der Waals surface area contributed by atoms with Gasteiger partial charge >= 0.3 is 0 Å². The van der Waals surface area contributed by atoms with Gasteiger partial charge in [0.15, 0.2) is 0 Å².